The van der Waals surface area contributed by atoms with Gasteiger partial charge in [-0.3, -0.25) is 4.98 Å². The fourth-order valence-electron chi connectivity index (χ4n) is 0.670. The van der Waals surface area contributed by atoms with Gasteiger partial charge in [-0.2, -0.15) is 0 Å². The summed E-state index contributed by atoms with van der Waals surface area (Å²) in [6.07, 6.45) is 1.35. The van der Waals surface area contributed by atoms with E-state index in [0.29, 0.717) is 5.69 Å². The second kappa shape index (κ2) is 3.37. The van der Waals surface area contributed by atoms with E-state index in [1.165, 1.54) is 6.20 Å². The summed E-state index contributed by atoms with van der Waals surface area (Å²) in [4.78, 5) is 3.85. The molecule has 58 valence electrons. The highest BCUT2D eigenvalue weighted by atomic mass is 127. The third-order valence-corrected chi connectivity index (χ3v) is 1.80. The number of nitrogens with zero attached hydrogens (tertiary/aromatic N) is 1. The fraction of sp³-hybridized carbons (Fsp3) is 0. The molecule has 0 aliphatic rings. The van der Waals surface area contributed by atoms with Crippen LogP contribution in [0.25, 0.3) is 0 Å². The Morgan fingerprint density at radius 2 is 2.18 bits per heavy atom. The van der Waals surface area contributed by atoms with Gasteiger partial charge >= 0.3 is 7.12 Å². The average molecular weight is 264 g/mol. The van der Waals surface area contributed by atoms with Crippen LogP contribution in [-0.2, 0) is 0 Å². The molecule has 0 aromatic carbocycles. The third-order valence-electron chi connectivity index (χ3n) is 1.21. The highest BCUT2D eigenvalue weighted by Crippen LogP contribution is 2.03. The molecule has 1 aromatic rings. The summed E-state index contributed by atoms with van der Waals surface area (Å²) >= 11 is 1.99. The van der Waals surface area contributed by atoms with Crippen LogP contribution >= 0.6 is 22.6 Å². The number of rotatable bonds is 1. The second-order valence-corrected chi connectivity index (χ2v) is 3.11. The smallest absolute Gasteiger partial charge is 0.423 e. The Bertz CT molecular complexity index is 269. The van der Waals surface area contributed by atoms with E-state index in [4.69, 9.17) is 15.8 Å². The lowest BCUT2D eigenvalue weighted by Gasteiger charge is -2.02. The van der Waals surface area contributed by atoms with E-state index in [0.717, 1.165) is 3.70 Å². The highest BCUT2D eigenvalue weighted by Gasteiger charge is 2.14. The number of nitrogens with two attached hydrogens (primary N) is 1. The zero-order valence-corrected chi connectivity index (χ0v) is 7.69. The zero-order chi connectivity index (χ0) is 8.43. The van der Waals surface area contributed by atoms with E-state index < -0.39 is 7.12 Å². The first-order chi connectivity index (χ1) is 5.11. The Morgan fingerprint density at radius 3 is 2.64 bits per heavy atom. The summed E-state index contributed by atoms with van der Waals surface area (Å²) in [6, 6.07) is 1.58. The maximum atomic E-state index is 8.73. The van der Waals surface area contributed by atoms with Crippen molar-refractivity contribution in [3.8, 4) is 0 Å². The number of anilines is 1. The van der Waals surface area contributed by atoms with E-state index in [1.54, 1.807) is 6.07 Å². The van der Waals surface area contributed by atoms with Crippen LogP contribution in [0.1, 0.15) is 0 Å². The van der Waals surface area contributed by atoms with Gasteiger partial charge in [0.25, 0.3) is 0 Å². The van der Waals surface area contributed by atoms with E-state index >= 15 is 0 Å². The van der Waals surface area contributed by atoms with Gasteiger partial charge in [0.05, 0.1) is 0 Å². The normalized spacial score (nSPS) is 9.73. The summed E-state index contributed by atoms with van der Waals surface area (Å²) in [5.74, 6) is 0. The van der Waals surface area contributed by atoms with Crippen molar-refractivity contribution in [3.63, 3.8) is 0 Å². The molecule has 0 spiro atoms. The Hall–Kier alpha value is -0.335. The quantitative estimate of drug-likeness (QED) is 0.343. The van der Waals surface area contributed by atoms with Gasteiger partial charge in [0.2, 0.25) is 0 Å². The molecule has 0 atom stereocenters. The lowest BCUT2D eigenvalue weighted by atomic mass is 9.80. The SMILES string of the molecule is Nc1cc(I)ncc1B(O)O. The minimum absolute atomic E-state index is 0.241. The zero-order valence-electron chi connectivity index (χ0n) is 5.53. The number of hydrogen-bond donors (Lipinski definition) is 3. The summed E-state index contributed by atoms with van der Waals surface area (Å²) < 4.78 is 0.726. The average Bonchev–Trinajstić information content (AvgIpc) is 1.85. The molecule has 0 radical (unpaired) electrons. The van der Waals surface area contributed by atoms with E-state index in [-0.39, 0.29) is 5.46 Å². The molecule has 0 saturated heterocycles. The van der Waals surface area contributed by atoms with Gasteiger partial charge in [-0.15, -0.1) is 0 Å². The van der Waals surface area contributed by atoms with Crippen LogP contribution in [0.5, 0.6) is 0 Å². The van der Waals surface area contributed by atoms with Crippen LogP contribution < -0.4 is 11.2 Å². The first-order valence-electron chi connectivity index (χ1n) is 2.88. The number of halogens is 1. The van der Waals surface area contributed by atoms with E-state index in [1.807, 2.05) is 22.6 Å². The third kappa shape index (κ3) is 2.04. The van der Waals surface area contributed by atoms with Crippen molar-refractivity contribution < 1.29 is 10.0 Å². The number of aromatic nitrogens is 1. The molecule has 4 nitrogen and oxygen atoms in total. The molecule has 0 amide bonds. The van der Waals surface area contributed by atoms with Gasteiger partial charge in [0.15, 0.2) is 0 Å². The molecule has 1 aromatic heterocycles. The van der Waals surface area contributed by atoms with Crippen LogP contribution in [0.2, 0.25) is 0 Å². The molecule has 0 aliphatic heterocycles. The molecule has 6 heteroatoms. The molecule has 4 N–H and O–H groups in total. The van der Waals surface area contributed by atoms with Crippen LogP contribution in [0.15, 0.2) is 12.3 Å². The van der Waals surface area contributed by atoms with Gasteiger partial charge in [-0.1, -0.05) is 0 Å². The molecule has 1 heterocycles. The monoisotopic (exact) mass is 264 g/mol. The summed E-state index contributed by atoms with van der Waals surface area (Å²) in [6.45, 7) is 0. The summed E-state index contributed by atoms with van der Waals surface area (Å²) in [5.41, 5.74) is 6.05. The van der Waals surface area contributed by atoms with E-state index in [2.05, 4.69) is 4.98 Å². The van der Waals surface area contributed by atoms with Crippen molar-refractivity contribution in [2.45, 2.75) is 0 Å². The van der Waals surface area contributed by atoms with Crippen molar-refractivity contribution in [3.05, 3.63) is 16.0 Å². The minimum Gasteiger partial charge on any atom is -0.423 e. The lowest BCUT2D eigenvalue weighted by Crippen LogP contribution is -2.32. The first-order valence-corrected chi connectivity index (χ1v) is 3.96. The Balaban J connectivity index is 3.09. The number of hydrogen-bond acceptors (Lipinski definition) is 4. The Labute approximate surface area is 77.7 Å². The Morgan fingerprint density at radius 1 is 1.55 bits per heavy atom. The fourth-order valence-corrected chi connectivity index (χ4v) is 1.15. The predicted octanol–water partition coefficient (Wildman–Crippen LogP) is -1.05. The number of nitrogen functional groups attached to an aromatic ring is 1. The minimum atomic E-state index is -1.54. The van der Waals surface area contributed by atoms with Gasteiger partial charge in [-0.25, -0.2) is 0 Å². The standard InChI is InChI=1S/C5H6BIN2O2/c7-5-1-4(8)3(2-9-5)6(10)11/h1-2,10-11H,(H2,8,9). The molecule has 0 saturated carbocycles. The molecule has 0 unspecified atom stereocenters. The first kappa shape index (κ1) is 8.76. The van der Waals surface area contributed by atoms with Crippen LogP contribution in [-0.4, -0.2) is 22.2 Å². The summed E-state index contributed by atoms with van der Waals surface area (Å²) in [7, 11) is -1.54. The van der Waals surface area contributed by atoms with Crippen molar-refractivity contribution in [1.82, 2.24) is 4.98 Å². The predicted molar refractivity (Wildman–Crippen MR) is 51.2 cm³/mol. The van der Waals surface area contributed by atoms with Crippen LogP contribution in [0, 0.1) is 3.70 Å². The van der Waals surface area contributed by atoms with Gasteiger partial charge in [0, 0.05) is 17.3 Å². The molecule has 1 rings (SSSR count). The van der Waals surface area contributed by atoms with Crippen molar-refractivity contribution in [2.24, 2.45) is 0 Å². The van der Waals surface area contributed by atoms with Gasteiger partial charge in [-0.05, 0) is 28.7 Å². The molecule has 0 bridgehead atoms. The number of pyridine rings is 1. The largest absolute Gasteiger partial charge is 0.492 e. The molecular formula is C5H6BIN2O2. The van der Waals surface area contributed by atoms with Gasteiger partial charge in [0.1, 0.15) is 3.70 Å². The highest BCUT2D eigenvalue weighted by molar-refractivity contribution is 14.1. The van der Waals surface area contributed by atoms with Crippen molar-refractivity contribution in [2.75, 3.05) is 5.73 Å². The topological polar surface area (TPSA) is 79.4 Å². The second-order valence-electron chi connectivity index (χ2n) is 2.01. The maximum Gasteiger partial charge on any atom is 0.492 e. The molecule has 11 heavy (non-hydrogen) atoms. The van der Waals surface area contributed by atoms with Gasteiger partial charge < -0.3 is 15.8 Å². The van der Waals surface area contributed by atoms with Crippen molar-refractivity contribution >= 4 is 40.9 Å². The maximum absolute atomic E-state index is 8.73. The van der Waals surface area contributed by atoms with Crippen LogP contribution in [0.3, 0.4) is 0 Å². The van der Waals surface area contributed by atoms with E-state index in [9.17, 15) is 0 Å². The summed E-state index contributed by atoms with van der Waals surface area (Å²) in [5, 5.41) is 17.5. The van der Waals surface area contributed by atoms with Crippen molar-refractivity contribution in [1.29, 1.82) is 0 Å². The Kier molecular flexibility index (Phi) is 2.69. The molecule has 0 aliphatic carbocycles. The lowest BCUT2D eigenvalue weighted by molar-refractivity contribution is 0.426. The molecule has 0 fully saturated rings. The van der Waals surface area contributed by atoms with Crippen LogP contribution in [0.4, 0.5) is 5.69 Å². The molecular weight excluding hydrogens is 258 g/mol.